The first-order chi connectivity index (χ1) is 11.7. The number of nitrogens with zero attached hydrogens (tertiary/aromatic N) is 2. The van der Waals surface area contributed by atoms with Crippen LogP contribution in [0.1, 0.15) is 31.4 Å². The zero-order valence-electron chi connectivity index (χ0n) is 15.1. The molecule has 0 aromatic heterocycles. The van der Waals surface area contributed by atoms with Crippen LogP contribution in [0.15, 0.2) is 29.3 Å². The Bertz CT molecular complexity index is 596. The van der Waals surface area contributed by atoms with Crippen LogP contribution in [0.3, 0.4) is 0 Å². The minimum absolute atomic E-state index is 0.144. The Morgan fingerprint density at radius 2 is 1.84 bits per heavy atom. The Morgan fingerprint density at radius 3 is 2.48 bits per heavy atom. The molecule has 0 aliphatic carbocycles. The van der Waals surface area contributed by atoms with Crippen LogP contribution in [0.25, 0.3) is 0 Å². The Balaban J connectivity index is 1.86. The number of benzene rings is 1. The highest BCUT2D eigenvalue weighted by Gasteiger charge is 2.30. The first-order valence-corrected chi connectivity index (χ1v) is 8.54. The molecule has 7 heteroatoms. The van der Waals surface area contributed by atoms with Crippen LogP contribution in [-0.4, -0.2) is 49.3 Å². The van der Waals surface area contributed by atoms with E-state index in [1.807, 2.05) is 0 Å². The smallest absolute Gasteiger partial charge is 0.356 e. The van der Waals surface area contributed by atoms with Crippen LogP contribution in [0.5, 0.6) is 0 Å². The van der Waals surface area contributed by atoms with Crippen LogP contribution in [0, 0.1) is 0 Å². The number of hydrogen-bond donors (Lipinski definition) is 2. The van der Waals surface area contributed by atoms with E-state index in [1.165, 1.54) is 11.1 Å². The zero-order chi connectivity index (χ0) is 18.5. The fraction of sp³-hybridized carbons (Fsp3) is 0.611. The lowest BCUT2D eigenvalue weighted by Crippen LogP contribution is -2.54. The van der Waals surface area contributed by atoms with E-state index in [4.69, 9.17) is 0 Å². The molecule has 0 saturated heterocycles. The molecule has 1 heterocycles. The molecule has 0 amide bonds. The standard InChI is InChI=1S/C18H27F3N4/c1-17(2,13-24-16(22-3)23-10-9-18(19,20)21)25-11-8-14-6-4-5-7-15(14)12-25/h4-7H,8-13H2,1-3H3,(H2,22,23,24). The van der Waals surface area contributed by atoms with Gasteiger partial charge in [-0.05, 0) is 31.4 Å². The van der Waals surface area contributed by atoms with Gasteiger partial charge in [-0.15, -0.1) is 0 Å². The van der Waals surface area contributed by atoms with Crippen LogP contribution in [-0.2, 0) is 13.0 Å². The van der Waals surface area contributed by atoms with E-state index in [0.29, 0.717) is 12.5 Å². The summed E-state index contributed by atoms with van der Waals surface area (Å²) in [5.41, 5.74) is 2.59. The Morgan fingerprint density at radius 1 is 1.16 bits per heavy atom. The third kappa shape index (κ3) is 5.92. The number of fused-ring (bicyclic) bond motifs is 1. The Hall–Kier alpha value is -1.76. The summed E-state index contributed by atoms with van der Waals surface area (Å²) >= 11 is 0. The van der Waals surface area contributed by atoms with Crippen molar-refractivity contribution < 1.29 is 13.2 Å². The summed E-state index contributed by atoms with van der Waals surface area (Å²) < 4.78 is 36.7. The van der Waals surface area contributed by atoms with Gasteiger partial charge in [0.05, 0.1) is 6.42 Å². The van der Waals surface area contributed by atoms with Gasteiger partial charge in [0.2, 0.25) is 0 Å². The maximum Gasteiger partial charge on any atom is 0.390 e. The Kier molecular flexibility index (Phi) is 6.32. The zero-order valence-corrected chi connectivity index (χ0v) is 15.1. The van der Waals surface area contributed by atoms with Crippen molar-refractivity contribution in [3.8, 4) is 0 Å². The van der Waals surface area contributed by atoms with E-state index < -0.39 is 12.6 Å². The molecule has 0 bridgehead atoms. The van der Waals surface area contributed by atoms with Gasteiger partial charge in [-0.25, -0.2) is 0 Å². The molecule has 0 spiro atoms. The normalized spacial score (nSPS) is 16.5. The third-order valence-corrected chi connectivity index (χ3v) is 4.60. The summed E-state index contributed by atoms with van der Waals surface area (Å²) in [7, 11) is 1.56. The van der Waals surface area contributed by atoms with Gasteiger partial charge in [0, 0.05) is 38.8 Å². The molecule has 0 saturated carbocycles. The molecule has 4 nitrogen and oxygen atoms in total. The maximum atomic E-state index is 12.2. The fourth-order valence-corrected chi connectivity index (χ4v) is 2.97. The summed E-state index contributed by atoms with van der Waals surface area (Å²) in [6.45, 7) is 6.53. The number of nitrogens with one attached hydrogen (secondary N) is 2. The third-order valence-electron chi connectivity index (χ3n) is 4.60. The lowest BCUT2D eigenvalue weighted by Gasteiger charge is -2.42. The van der Waals surface area contributed by atoms with Crippen molar-refractivity contribution in [3.05, 3.63) is 35.4 Å². The van der Waals surface area contributed by atoms with Gasteiger partial charge in [0.25, 0.3) is 0 Å². The van der Waals surface area contributed by atoms with E-state index in [-0.39, 0.29) is 12.1 Å². The Labute approximate surface area is 147 Å². The van der Waals surface area contributed by atoms with Crippen LogP contribution in [0.4, 0.5) is 13.2 Å². The average molecular weight is 356 g/mol. The molecule has 0 unspecified atom stereocenters. The molecule has 2 N–H and O–H groups in total. The summed E-state index contributed by atoms with van der Waals surface area (Å²) in [4.78, 5) is 6.39. The van der Waals surface area contributed by atoms with Gasteiger partial charge in [-0.3, -0.25) is 9.89 Å². The van der Waals surface area contributed by atoms with Gasteiger partial charge < -0.3 is 10.6 Å². The van der Waals surface area contributed by atoms with E-state index in [1.54, 1.807) is 7.05 Å². The molecule has 140 valence electrons. The van der Waals surface area contributed by atoms with Gasteiger partial charge in [-0.2, -0.15) is 13.2 Å². The van der Waals surface area contributed by atoms with Crippen LogP contribution < -0.4 is 10.6 Å². The number of halogens is 3. The van der Waals surface area contributed by atoms with Gasteiger partial charge in [0.1, 0.15) is 0 Å². The lowest BCUT2D eigenvalue weighted by molar-refractivity contribution is -0.132. The fourth-order valence-electron chi connectivity index (χ4n) is 2.97. The van der Waals surface area contributed by atoms with Crippen molar-refractivity contribution in [3.63, 3.8) is 0 Å². The van der Waals surface area contributed by atoms with Gasteiger partial charge in [-0.1, -0.05) is 24.3 Å². The van der Waals surface area contributed by atoms with Crippen molar-refractivity contribution in [2.75, 3.05) is 26.7 Å². The average Bonchev–Trinajstić information content (AvgIpc) is 2.56. The van der Waals surface area contributed by atoms with E-state index >= 15 is 0 Å². The predicted octanol–water partition coefficient (Wildman–Crippen LogP) is 2.94. The van der Waals surface area contributed by atoms with E-state index in [0.717, 1.165) is 19.5 Å². The highest BCUT2D eigenvalue weighted by Crippen LogP contribution is 2.25. The molecular weight excluding hydrogens is 329 g/mol. The van der Waals surface area contributed by atoms with Crippen molar-refractivity contribution >= 4 is 5.96 Å². The maximum absolute atomic E-state index is 12.2. The SMILES string of the molecule is CN=C(NCCC(F)(F)F)NCC(C)(C)N1CCc2ccccc2C1. The summed E-state index contributed by atoms with van der Waals surface area (Å²) in [5.74, 6) is 0.398. The molecule has 0 atom stereocenters. The van der Waals surface area contributed by atoms with Crippen molar-refractivity contribution in [2.24, 2.45) is 4.99 Å². The van der Waals surface area contributed by atoms with Gasteiger partial charge >= 0.3 is 6.18 Å². The predicted molar refractivity (Wildman–Crippen MR) is 94.7 cm³/mol. The summed E-state index contributed by atoms with van der Waals surface area (Å²) in [6, 6.07) is 8.45. The minimum Gasteiger partial charge on any atom is -0.356 e. The number of guanidine groups is 1. The molecule has 0 radical (unpaired) electrons. The topological polar surface area (TPSA) is 39.7 Å². The molecule has 1 aliphatic rings. The first kappa shape index (κ1) is 19.6. The lowest BCUT2D eigenvalue weighted by atomic mass is 9.94. The molecule has 1 aromatic rings. The van der Waals surface area contributed by atoms with E-state index in [9.17, 15) is 13.2 Å². The monoisotopic (exact) mass is 356 g/mol. The molecule has 1 aliphatic heterocycles. The van der Waals surface area contributed by atoms with Crippen molar-refractivity contribution in [1.29, 1.82) is 0 Å². The molecule has 2 rings (SSSR count). The molecule has 1 aromatic carbocycles. The first-order valence-electron chi connectivity index (χ1n) is 8.54. The number of aliphatic imine (C=N–C) groups is 1. The molecular formula is C18H27F3N4. The van der Waals surface area contributed by atoms with E-state index in [2.05, 4.69) is 58.6 Å². The van der Waals surface area contributed by atoms with Crippen LogP contribution >= 0.6 is 0 Å². The van der Waals surface area contributed by atoms with Crippen molar-refractivity contribution in [2.45, 2.75) is 44.9 Å². The van der Waals surface area contributed by atoms with Crippen molar-refractivity contribution in [1.82, 2.24) is 15.5 Å². The number of alkyl halides is 3. The molecule has 0 fully saturated rings. The second kappa shape index (κ2) is 8.08. The number of rotatable bonds is 5. The largest absolute Gasteiger partial charge is 0.390 e. The summed E-state index contributed by atoms with van der Waals surface area (Å²) in [5, 5.41) is 5.86. The quantitative estimate of drug-likeness (QED) is 0.629. The highest BCUT2D eigenvalue weighted by molar-refractivity contribution is 5.79. The summed E-state index contributed by atoms with van der Waals surface area (Å²) in [6.07, 6.45) is -4.02. The van der Waals surface area contributed by atoms with Gasteiger partial charge in [0.15, 0.2) is 5.96 Å². The molecule has 25 heavy (non-hydrogen) atoms. The second-order valence-corrected chi connectivity index (χ2v) is 6.97. The highest BCUT2D eigenvalue weighted by atomic mass is 19.4. The second-order valence-electron chi connectivity index (χ2n) is 6.97. The number of hydrogen-bond acceptors (Lipinski definition) is 2. The minimum atomic E-state index is -4.16. The van der Waals surface area contributed by atoms with Crippen LogP contribution in [0.2, 0.25) is 0 Å².